The fourth-order valence-corrected chi connectivity index (χ4v) is 3.05. The summed E-state index contributed by atoms with van der Waals surface area (Å²) in [4.78, 5) is 11.0. The van der Waals surface area contributed by atoms with Crippen LogP contribution in [0.25, 0.3) is 5.69 Å². The molecule has 0 saturated heterocycles. The third kappa shape index (κ3) is 3.10. The average molecular weight is 330 g/mol. The molecule has 1 aromatic heterocycles. The number of hydrogen-bond donors (Lipinski definition) is 2. The molecule has 0 radical (unpaired) electrons. The molecule has 6 heteroatoms. The lowest BCUT2D eigenvalue weighted by atomic mass is 10.1. The topological polar surface area (TPSA) is 86.7 Å². The monoisotopic (exact) mass is 330 g/mol. The Bertz CT molecular complexity index is 767. The predicted molar refractivity (Wildman–Crippen MR) is 90.2 cm³/mol. The van der Waals surface area contributed by atoms with Gasteiger partial charge in [0.25, 0.3) is 0 Å². The molecule has 3 N–H and O–H groups in total. The van der Waals surface area contributed by atoms with Crippen molar-refractivity contribution in [3.05, 3.63) is 41.2 Å². The van der Waals surface area contributed by atoms with Gasteiger partial charge in [-0.05, 0) is 37.6 Å². The molecular weight excluding hydrogens is 308 g/mol. The van der Waals surface area contributed by atoms with Gasteiger partial charge in [-0.3, -0.25) is 4.79 Å². The zero-order valence-electron chi connectivity index (χ0n) is 13.9. The zero-order valence-corrected chi connectivity index (χ0v) is 13.9. The molecule has 24 heavy (non-hydrogen) atoms. The van der Waals surface area contributed by atoms with E-state index in [2.05, 4.69) is 4.57 Å². The summed E-state index contributed by atoms with van der Waals surface area (Å²) in [6.45, 7) is 5.26. The van der Waals surface area contributed by atoms with E-state index < -0.39 is 12.0 Å². The number of aromatic nitrogens is 1. The number of nitrogens with zero attached hydrogens (tertiary/aromatic N) is 1. The molecule has 1 atom stereocenters. The predicted octanol–water partition coefficient (Wildman–Crippen LogP) is 2.21. The quantitative estimate of drug-likeness (QED) is 0.897. The summed E-state index contributed by atoms with van der Waals surface area (Å²) in [6.07, 6.45) is 1.17. The maximum atomic E-state index is 11.0. The first-order chi connectivity index (χ1) is 11.5. The highest BCUT2D eigenvalue weighted by Gasteiger charge is 2.19. The zero-order chi connectivity index (χ0) is 17.3. The van der Waals surface area contributed by atoms with Gasteiger partial charge in [-0.2, -0.15) is 0 Å². The molecule has 1 aromatic carbocycles. The lowest BCUT2D eigenvalue weighted by Gasteiger charge is -2.14. The van der Waals surface area contributed by atoms with Crippen LogP contribution in [0, 0.1) is 13.8 Å². The summed E-state index contributed by atoms with van der Waals surface area (Å²) in [5, 5.41) is 9.02. The summed E-state index contributed by atoms with van der Waals surface area (Å²) in [5.74, 6) is 0.503. The largest absolute Gasteiger partial charge is 0.490 e. The molecule has 1 unspecified atom stereocenters. The number of nitrogens with two attached hydrogens (primary N) is 1. The second kappa shape index (κ2) is 6.57. The van der Waals surface area contributed by atoms with Crippen LogP contribution >= 0.6 is 0 Å². The molecule has 128 valence electrons. The van der Waals surface area contributed by atoms with E-state index >= 15 is 0 Å². The SMILES string of the molecule is Cc1cc(CC(N)C(=O)O)c(C)n1-c1ccc2c(c1)OCCCO2. The lowest BCUT2D eigenvalue weighted by Crippen LogP contribution is -2.32. The van der Waals surface area contributed by atoms with Gasteiger partial charge in [0.05, 0.1) is 13.2 Å². The van der Waals surface area contributed by atoms with Gasteiger partial charge in [0.2, 0.25) is 0 Å². The molecule has 0 saturated carbocycles. The average Bonchev–Trinajstić information content (AvgIpc) is 2.72. The second-order valence-electron chi connectivity index (χ2n) is 6.06. The number of hydrogen-bond acceptors (Lipinski definition) is 4. The van der Waals surface area contributed by atoms with Gasteiger partial charge in [0, 0.05) is 36.0 Å². The Kier molecular flexibility index (Phi) is 4.49. The first-order valence-electron chi connectivity index (χ1n) is 8.03. The molecule has 0 amide bonds. The van der Waals surface area contributed by atoms with Crippen LogP contribution in [0.15, 0.2) is 24.3 Å². The molecule has 0 spiro atoms. The van der Waals surface area contributed by atoms with Crippen molar-refractivity contribution in [1.82, 2.24) is 4.57 Å². The van der Waals surface area contributed by atoms with Crippen molar-refractivity contribution >= 4 is 5.97 Å². The molecule has 1 aliphatic heterocycles. The van der Waals surface area contributed by atoms with Crippen LogP contribution in [0.5, 0.6) is 11.5 Å². The highest BCUT2D eigenvalue weighted by Crippen LogP contribution is 2.33. The Morgan fingerprint density at radius 2 is 1.96 bits per heavy atom. The van der Waals surface area contributed by atoms with Gasteiger partial charge >= 0.3 is 5.97 Å². The number of carboxylic acids is 1. The minimum Gasteiger partial charge on any atom is -0.490 e. The smallest absolute Gasteiger partial charge is 0.320 e. The van der Waals surface area contributed by atoms with E-state index in [9.17, 15) is 4.79 Å². The molecule has 3 rings (SSSR count). The van der Waals surface area contributed by atoms with Crippen LogP contribution in [0.2, 0.25) is 0 Å². The fourth-order valence-electron chi connectivity index (χ4n) is 3.05. The number of fused-ring (bicyclic) bond motifs is 1. The molecular formula is C18H22N2O4. The Morgan fingerprint density at radius 3 is 2.67 bits per heavy atom. The fraction of sp³-hybridized carbons (Fsp3) is 0.389. The molecule has 2 aromatic rings. The molecule has 1 aliphatic rings. The normalized spacial score (nSPS) is 15.0. The van der Waals surface area contributed by atoms with E-state index in [1.165, 1.54) is 0 Å². The van der Waals surface area contributed by atoms with Crippen molar-refractivity contribution in [2.45, 2.75) is 32.7 Å². The number of aryl methyl sites for hydroxylation is 1. The first-order valence-corrected chi connectivity index (χ1v) is 8.03. The minimum absolute atomic E-state index is 0.305. The molecule has 0 bridgehead atoms. The van der Waals surface area contributed by atoms with Crippen LogP contribution in [-0.2, 0) is 11.2 Å². The first kappa shape index (κ1) is 16.4. The van der Waals surface area contributed by atoms with Crippen molar-refractivity contribution in [3.8, 4) is 17.2 Å². The van der Waals surface area contributed by atoms with Gasteiger partial charge in [-0.1, -0.05) is 0 Å². The number of aliphatic carboxylic acids is 1. The number of carbonyl (C=O) groups is 1. The third-order valence-electron chi connectivity index (χ3n) is 4.28. The highest BCUT2D eigenvalue weighted by atomic mass is 16.5. The van der Waals surface area contributed by atoms with Crippen molar-refractivity contribution in [2.75, 3.05) is 13.2 Å². The van der Waals surface area contributed by atoms with Crippen LogP contribution in [-0.4, -0.2) is 34.9 Å². The summed E-state index contributed by atoms with van der Waals surface area (Å²) < 4.78 is 13.5. The summed E-state index contributed by atoms with van der Waals surface area (Å²) >= 11 is 0. The Balaban J connectivity index is 1.96. The summed E-state index contributed by atoms with van der Waals surface area (Å²) in [7, 11) is 0. The van der Waals surface area contributed by atoms with E-state index in [1.807, 2.05) is 38.1 Å². The minimum atomic E-state index is -0.990. The third-order valence-corrected chi connectivity index (χ3v) is 4.28. The highest BCUT2D eigenvalue weighted by molar-refractivity contribution is 5.73. The van der Waals surface area contributed by atoms with E-state index in [-0.39, 0.29) is 0 Å². The van der Waals surface area contributed by atoms with Gasteiger partial charge in [-0.15, -0.1) is 0 Å². The maximum Gasteiger partial charge on any atom is 0.320 e. The lowest BCUT2D eigenvalue weighted by molar-refractivity contribution is -0.138. The Hall–Kier alpha value is -2.47. The summed E-state index contributed by atoms with van der Waals surface area (Å²) in [6, 6.07) is 6.94. The van der Waals surface area contributed by atoms with Crippen LogP contribution in [0.3, 0.4) is 0 Å². The standard InChI is InChI=1S/C18H22N2O4/c1-11-8-13(9-15(19)18(21)22)12(2)20(11)14-4-5-16-17(10-14)24-7-3-6-23-16/h4-5,8,10,15H,3,6-7,9,19H2,1-2H3,(H,21,22). The molecule has 0 aliphatic carbocycles. The number of benzene rings is 1. The van der Waals surface area contributed by atoms with E-state index in [0.717, 1.165) is 40.6 Å². The van der Waals surface area contributed by atoms with Crippen LogP contribution in [0.4, 0.5) is 0 Å². The number of rotatable bonds is 4. The summed E-state index contributed by atoms with van der Waals surface area (Å²) in [5.41, 5.74) is 9.59. The van der Waals surface area contributed by atoms with Crippen LogP contribution < -0.4 is 15.2 Å². The van der Waals surface area contributed by atoms with Gasteiger partial charge in [0.15, 0.2) is 11.5 Å². The van der Waals surface area contributed by atoms with E-state index in [1.54, 1.807) is 0 Å². The van der Waals surface area contributed by atoms with Crippen molar-refractivity contribution in [2.24, 2.45) is 5.73 Å². The van der Waals surface area contributed by atoms with Crippen molar-refractivity contribution in [1.29, 1.82) is 0 Å². The van der Waals surface area contributed by atoms with Gasteiger partial charge < -0.3 is 24.9 Å². The van der Waals surface area contributed by atoms with Gasteiger partial charge in [0.1, 0.15) is 6.04 Å². The van der Waals surface area contributed by atoms with E-state index in [0.29, 0.717) is 19.6 Å². The molecule has 0 fully saturated rings. The molecule has 6 nitrogen and oxygen atoms in total. The second-order valence-corrected chi connectivity index (χ2v) is 6.06. The number of ether oxygens (including phenoxy) is 2. The maximum absolute atomic E-state index is 11.0. The number of carboxylic acid groups (broad SMARTS) is 1. The Labute approximate surface area is 140 Å². The Morgan fingerprint density at radius 1 is 1.25 bits per heavy atom. The van der Waals surface area contributed by atoms with Crippen molar-refractivity contribution in [3.63, 3.8) is 0 Å². The van der Waals surface area contributed by atoms with Crippen molar-refractivity contribution < 1.29 is 19.4 Å². The van der Waals surface area contributed by atoms with Gasteiger partial charge in [-0.25, -0.2) is 0 Å². The van der Waals surface area contributed by atoms with E-state index in [4.69, 9.17) is 20.3 Å². The van der Waals surface area contributed by atoms with Crippen LogP contribution in [0.1, 0.15) is 23.4 Å². The molecule has 2 heterocycles.